The third kappa shape index (κ3) is 6.52. The predicted octanol–water partition coefficient (Wildman–Crippen LogP) is 6.03. The van der Waals surface area contributed by atoms with Crippen molar-refractivity contribution in [2.24, 2.45) is 4.99 Å². The number of rotatable bonds is 10. The van der Waals surface area contributed by atoms with Gasteiger partial charge >= 0.3 is 0 Å². The highest BCUT2D eigenvalue weighted by atomic mass is 16.5. The lowest BCUT2D eigenvalue weighted by atomic mass is 10.0. The van der Waals surface area contributed by atoms with Gasteiger partial charge in [-0.25, -0.2) is 9.97 Å². The molecule has 0 fully saturated rings. The van der Waals surface area contributed by atoms with Gasteiger partial charge in [-0.3, -0.25) is 9.98 Å². The molecule has 0 aliphatic heterocycles. The zero-order valence-corrected chi connectivity index (χ0v) is 20.9. The van der Waals surface area contributed by atoms with Crippen LogP contribution in [-0.2, 0) is 13.2 Å². The van der Waals surface area contributed by atoms with Crippen molar-refractivity contribution in [2.75, 3.05) is 12.4 Å². The number of aliphatic hydroxyl groups is 1. The number of nitrogens with zero attached hydrogens (tertiary/aromatic N) is 4. The van der Waals surface area contributed by atoms with Crippen molar-refractivity contribution in [3.8, 4) is 5.75 Å². The first kappa shape index (κ1) is 25.0. The second-order valence-corrected chi connectivity index (χ2v) is 8.53. The molecule has 2 heterocycles. The number of aliphatic imine (C=N–C) groups is 1. The van der Waals surface area contributed by atoms with E-state index >= 15 is 0 Å². The van der Waals surface area contributed by atoms with Crippen molar-refractivity contribution in [2.45, 2.75) is 39.9 Å². The number of anilines is 2. The highest BCUT2D eigenvalue weighted by Crippen LogP contribution is 2.28. The van der Waals surface area contributed by atoms with Crippen LogP contribution in [0.2, 0.25) is 0 Å². The number of aromatic nitrogens is 3. The molecule has 0 unspecified atom stereocenters. The molecule has 2 N–H and O–H groups in total. The molecule has 184 valence electrons. The lowest BCUT2D eigenvalue weighted by molar-refractivity contribution is 0.272. The van der Waals surface area contributed by atoms with Crippen molar-refractivity contribution in [3.05, 3.63) is 89.4 Å². The highest BCUT2D eigenvalue weighted by molar-refractivity contribution is 6.10. The van der Waals surface area contributed by atoms with E-state index in [0.29, 0.717) is 17.4 Å². The summed E-state index contributed by atoms with van der Waals surface area (Å²) in [6.45, 7) is 4.37. The fourth-order valence-electron chi connectivity index (χ4n) is 3.80. The minimum absolute atomic E-state index is 0.106. The van der Waals surface area contributed by atoms with E-state index in [1.165, 1.54) is 5.56 Å². The molecule has 4 aromatic rings. The van der Waals surface area contributed by atoms with Crippen LogP contribution in [0.5, 0.6) is 5.75 Å². The van der Waals surface area contributed by atoms with E-state index < -0.39 is 0 Å². The summed E-state index contributed by atoms with van der Waals surface area (Å²) >= 11 is 0. The fraction of sp³-hybridized carbons (Fsp3) is 0.241. The van der Waals surface area contributed by atoms with Crippen molar-refractivity contribution in [3.63, 3.8) is 0 Å². The number of hydrogen-bond acceptors (Lipinski definition) is 7. The molecule has 2 aromatic heterocycles. The van der Waals surface area contributed by atoms with E-state index in [4.69, 9.17) is 4.74 Å². The number of unbranched alkanes of at least 4 members (excludes halogenated alkanes) is 1. The summed E-state index contributed by atoms with van der Waals surface area (Å²) in [4.78, 5) is 17.9. The number of nitrogens with one attached hydrogen (secondary N) is 1. The molecule has 7 heteroatoms. The molecule has 4 rings (SSSR count). The molecule has 0 aliphatic rings. The van der Waals surface area contributed by atoms with Gasteiger partial charge in [0.25, 0.3) is 0 Å². The Balaban J connectivity index is 1.66. The maximum Gasteiger partial charge on any atom is 0.227 e. The maximum absolute atomic E-state index is 9.38. The second-order valence-electron chi connectivity index (χ2n) is 8.53. The monoisotopic (exact) mass is 481 g/mol. The van der Waals surface area contributed by atoms with Crippen molar-refractivity contribution >= 4 is 34.3 Å². The lowest BCUT2D eigenvalue weighted by Gasteiger charge is -2.13. The Bertz CT molecular complexity index is 1400. The second kappa shape index (κ2) is 12.0. The molecule has 0 saturated heterocycles. The van der Waals surface area contributed by atoms with Gasteiger partial charge in [0.05, 0.1) is 23.5 Å². The molecule has 0 atom stereocenters. The number of fused-ring (bicyclic) bond motifs is 1. The summed E-state index contributed by atoms with van der Waals surface area (Å²) in [6, 6.07) is 17.6. The molecular formula is C29H31N5O2. The van der Waals surface area contributed by atoms with Gasteiger partial charge in [0.2, 0.25) is 5.95 Å². The van der Waals surface area contributed by atoms with Gasteiger partial charge in [0, 0.05) is 36.6 Å². The first-order valence-electron chi connectivity index (χ1n) is 12.0. The van der Waals surface area contributed by atoms with Gasteiger partial charge in [0.1, 0.15) is 12.4 Å². The van der Waals surface area contributed by atoms with Gasteiger partial charge in [-0.1, -0.05) is 37.1 Å². The zero-order valence-electron chi connectivity index (χ0n) is 20.9. The molecular weight excluding hydrogens is 450 g/mol. The summed E-state index contributed by atoms with van der Waals surface area (Å²) in [5, 5.41) is 13.7. The molecule has 0 saturated carbocycles. The van der Waals surface area contributed by atoms with E-state index in [1.54, 1.807) is 13.1 Å². The van der Waals surface area contributed by atoms with Gasteiger partial charge in [-0.15, -0.1) is 0 Å². The largest absolute Gasteiger partial charge is 0.487 e. The Morgan fingerprint density at radius 3 is 2.75 bits per heavy atom. The normalized spacial score (nSPS) is 11.8. The molecule has 0 spiro atoms. The minimum Gasteiger partial charge on any atom is -0.487 e. The molecule has 2 aromatic carbocycles. The number of allylic oxidation sites excluding steroid dienone is 2. The van der Waals surface area contributed by atoms with E-state index in [9.17, 15) is 5.11 Å². The van der Waals surface area contributed by atoms with E-state index in [0.717, 1.165) is 46.3 Å². The first-order valence-corrected chi connectivity index (χ1v) is 12.0. The van der Waals surface area contributed by atoms with E-state index in [1.807, 2.05) is 54.9 Å². The van der Waals surface area contributed by atoms with Crippen LogP contribution in [0.15, 0.2) is 71.9 Å². The van der Waals surface area contributed by atoms with Crippen molar-refractivity contribution in [1.82, 2.24) is 15.0 Å². The Morgan fingerprint density at radius 1 is 1.08 bits per heavy atom. The average molecular weight is 482 g/mol. The van der Waals surface area contributed by atoms with Crippen LogP contribution in [0.4, 0.5) is 11.6 Å². The number of hydrogen-bond donors (Lipinski definition) is 2. The number of benzene rings is 2. The number of aryl methyl sites for hydroxylation is 1. The fourth-order valence-corrected chi connectivity index (χ4v) is 3.80. The van der Waals surface area contributed by atoms with Gasteiger partial charge in [-0.05, 0) is 60.9 Å². The first-order chi connectivity index (χ1) is 17.6. The van der Waals surface area contributed by atoms with Crippen molar-refractivity contribution in [1.29, 1.82) is 0 Å². The zero-order chi connectivity index (χ0) is 25.3. The minimum atomic E-state index is -0.106. The SMILES string of the molecule is CCC/C=C(\C=NC)c1cc(Nc2ncc3cc(C)ccc3n2)cc(OCc2cccc(CO)n2)c1. The standard InChI is InChI=1S/C29H31N5O2/c1-4-5-7-21(16-30-3)22-13-26(33-29-31-17-23-12-20(2)10-11-28(23)34-29)15-27(14-22)36-19-25-9-6-8-24(18-35)32-25/h6-17,35H,4-5,18-19H2,1-3H3,(H,31,33,34)/b21-7+,30-16?. The van der Waals surface area contributed by atoms with Crippen LogP contribution in [0.3, 0.4) is 0 Å². The average Bonchev–Trinajstić information content (AvgIpc) is 2.90. The molecule has 0 aliphatic carbocycles. The van der Waals surface area contributed by atoms with Crippen LogP contribution in [0, 0.1) is 6.92 Å². The van der Waals surface area contributed by atoms with Gasteiger partial charge in [0.15, 0.2) is 0 Å². The van der Waals surface area contributed by atoms with Crippen molar-refractivity contribution < 1.29 is 9.84 Å². The summed E-state index contributed by atoms with van der Waals surface area (Å²) in [6.07, 6.45) is 7.85. The third-order valence-corrected chi connectivity index (χ3v) is 5.57. The molecule has 36 heavy (non-hydrogen) atoms. The topological polar surface area (TPSA) is 92.5 Å². The Labute approximate surface area is 211 Å². The molecule has 7 nitrogen and oxygen atoms in total. The van der Waals surface area contributed by atoms with E-state index in [2.05, 4.69) is 51.3 Å². The number of ether oxygens (including phenoxy) is 1. The smallest absolute Gasteiger partial charge is 0.227 e. The Kier molecular flexibility index (Phi) is 8.36. The maximum atomic E-state index is 9.38. The van der Waals surface area contributed by atoms with Gasteiger partial charge in [-0.2, -0.15) is 0 Å². The Morgan fingerprint density at radius 2 is 1.94 bits per heavy atom. The lowest BCUT2D eigenvalue weighted by Crippen LogP contribution is -2.03. The summed E-state index contributed by atoms with van der Waals surface area (Å²) < 4.78 is 6.13. The predicted molar refractivity (Wildman–Crippen MR) is 146 cm³/mol. The van der Waals surface area contributed by atoms with Crippen LogP contribution in [0.1, 0.15) is 42.3 Å². The highest BCUT2D eigenvalue weighted by Gasteiger charge is 2.09. The van der Waals surface area contributed by atoms with Gasteiger partial charge < -0.3 is 15.2 Å². The van der Waals surface area contributed by atoms with Crippen LogP contribution in [0.25, 0.3) is 16.5 Å². The molecule has 0 amide bonds. The number of pyridine rings is 1. The molecule has 0 bridgehead atoms. The Hall–Kier alpha value is -4.10. The van der Waals surface area contributed by atoms with Crippen LogP contribution < -0.4 is 10.1 Å². The quantitative estimate of drug-likeness (QED) is 0.269. The van der Waals surface area contributed by atoms with Crippen LogP contribution in [-0.4, -0.2) is 33.3 Å². The summed E-state index contributed by atoms with van der Waals surface area (Å²) in [5.74, 6) is 1.18. The van der Waals surface area contributed by atoms with E-state index in [-0.39, 0.29) is 13.2 Å². The number of aliphatic hydroxyl groups excluding tert-OH is 1. The molecule has 0 radical (unpaired) electrons. The summed E-state index contributed by atoms with van der Waals surface area (Å²) in [7, 11) is 1.77. The third-order valence-electron chi connectivity index (χ3n) is 5.57. The summed E-state index contributed by atoms with van der Waals surface area (Å²) in [5.41, 5.74) is 6.20. The van der Waals surface area contributed by atoms with Crippen LogP contribution >= 0.6 is 0 Å².